The van der Waals surface area contributed by atoms with Crippen LogP contribution < -0.4 is 10.6 Å². The van der Waals surface area contributed by atoms with E-state index >= 15 is 0 Å². The summed E-state index contributed by atoms with van der Waals surface area (Å²) < 4.78 is 14.0. The first-order chi connectivity index (χ1) is 9.04. The molecular formula is C15H24FN3. The highest BCUT2D eigenvalue weighted by Crippen LogP contribution is 2.30. The molecule has 2 unspecified atom stereocenters. The molecule has 0 spiro atoms. The number of hydrogen-bond donors (Lipinski definition) is 1. The smallest absolute Gasteiger partial charge is 0.128 e. The fourth-order valence-electron chi connectivity index (χ4n) is 3.05. The highest BCUT2D eigenvalue weighted by atomic mass is 19.1. The monoisotopic (exact) mass is 265 g/mol. The first-order valence-corrected chi connectivity index (χ1v) is 6.93. The average Bonchev–Trinajstić information content (AvgIpc) is 2.74. The fourth-order valence-corrected chi connectivity index (χ4v) is 3.05. The molecule has 0 aromatic heterocycles. The first kappa shape index (κ1) is 14.3. The molecule has 1 heterocycles. The van der Waals surface area contributed by atoms with Gasteiger partial charge in [0.1, 0.15) is 5.82 Å². The Morgan fingerprint density at radius 3 is 2.68 bits per heavy atom. The summed E-state index contributed by atoms with van der Waals surface area (Å²) in [6.07, 6.45) is 0.597. The maximum Gasteiger partial charge on any atom is 0.128 e. The van der Waals surface area contributed by atoms with Gasteiger partial charge in [-0.1, -0.05) is 13.0 Å². The largest absolute Gasteiger partial charge is 0.369 e. The van der Waals surface area contributed by atoms with E-state index in [1.165, 1.54) is 6.07 Å². The third-order valence-electron chi connectivity index (χ3n) is 4.07. The first-order valence-electron chi connectivity index (χ1n) is 6.93. The van der Waals surface area contributed by atoms with Crippen molar-refractivity contribution in [2.45, 2.75) is 19.4 Å². The van der Waals surface area contributed by atoms with Crippen LogP contribution in [0.4, 0.5) is 10.1 Å². The molecule has 0 bridgehead atoms. The molecule has 1 aliphatic rings. The molecule has 2 N–H and O–H groups in total. The van der Waals surface area contributed by atoms with Gasteiger partial charge in [0.05, 0.1) is 0 Å². The molecule has 2 atom stereocenters. The van der Waals surface area contributed by atoms with Crippen LogP contribution in [0.5, 0.6) is 0 Å². The fraction of sp³-hybridized carbons (Fsp3) is 0.600. The molecule has 1 fully saturated rings. The topological polar surface area (TPSA) is 32.5 Å². The summed E-state index contributed by atoms with van der Waals surface area (Å²) in [5.74, 6) is 0.452. The Kier molecular flexibility index (Phi) is 4.42. The minimum atomic E-state index is -0.135. The van der Waals surface area contributed by atoms with Crippen LogP contribution in [-0.4, -0.2) is 44.7 Å². The Morgan fingerprint density at radius 1 is 1.37 bits per heavy atom. The molecule has 0 amide bonds. The highest BCUT2D eigenvalue weighted by Gasteiger charge is 2.32. The number of hydrogen-bond acceptors (Lipinski definition) is 3. The minimum Gasteiger partial charge on any atom is -0.369 e. The lowest BCUT2D eigenvalue weighted by Crippen LogP contribution is -2.34. The second-order valence-electron chi connectivity index (χ2n) is 5.69. The summed E-state index contributed by atoms with van der Waals surface area (Å²) in [6.45, 7) is 4.67. The van der Waals surface area contributed by atoms with Gasteiger partial charge >= 0.3 is 0 Å². The van der Waals surface area contributed by atoms with Crippen molar-refractivity contribution in [3.8, 4) is 0 Å². The summed E-state index contributed by atoms with van der Waals surface area (Å²) in [5.41, 5.74) is 7.38. The maximum atomic E-state index is 14.0. The van der Waals surface area contributed by atoms with Gasteiger partial charge in [0, 0.05) is 30.4 Å². The molecule has 0 aliphatic carbocycles. The molecule has 4 heteroatoms. The van der Waals surface area contributed by atoms with Crippen molar-refractivity contribution >= 4 is 5.69 Å². The number of benzene rings is 1. The molecule has 0 saturated carbocycles. The van der Waals surface area contributed by atoms with Crippen molar-refractivity contribution in [3.05, 3.63) is 29.6 Å². The normalized spacial score (nSPS) is 23.4. The van der Waals surface area contributed by atoms with E-state index in [2.05, 4.69) is 30.8 Å². The highest BCUT2D eigenvalue weighted by molar-refractivity contribution is 5.55. The van der Waals surface area contributed by atoms with Crippen molar-refractivity contribution in [1.29, 1.82) is 0 Å². The minimum absolute atomic E-state index is 0.135. The lowest BCUT2D eigenvalue weighted by atomic mass is 10.1. The average molecular weight is 265 g/mol. The Bertz CT molecular complexity index is 433. The molecule has 1 aliphatic heterocycles. The zero-order valence-electron chi connectivity index (χ0n) is 12.1. The molecular weight excluding hydrogens is 241 g/mol. The number of halogens is 1. The van der Waals surface area contributed by atoms with E-state index in [0.29, 0.717) is 24.9 Å². The van der Waals surface area contributed by atoms with Crippen LogP contribution in [0.15, 0.2) is 18.2 Å². The SMILES string of the molecule is CC1CN(c2cccc(F)c2CCN)CC1N(C)C. The van der Waals surface area contributed by atoms with Crippen molar-refractivity contribution in [3.63, 3.8) is 0 Å². The standard InChI is InChI=1S/C15H24FN3/c1-11-9-19(10-15(11)18(2)3)14-6-4-5-13(16)12(14)7-8-17/h4-6,11,15H,7-10,17H2,1-3H3. The van der Waals surface area contributed by atoms with Gasteiger partial charge in [0.25, 0.3) is 0 Å². The van der Waals surface area contributed by atoms with Gasteiger partial charge in [0.15, 0.2) is 0 Å². The van der Waals surface area contributed by atoms with Crippen molar-refractivity contribution in [2.24, 2.45) is 11.7 Å². The quantitative estimate of drug-likeness (QED) is 0.899. The molecule has 1 aromatic rings. The number of likely N-dealkylation sites (N-methyl/N-ethyl adjacent to an activating group) is 1. The predicted molar refractivity (Wildman–Crippen MR) is 78.0 cm³/mol. The predicted octanol–water partition coefficient (Wildman–Crippen LogP) is 1.71. The van der Waals surface area contributed by atoms with Crippen LogP contribution in [0.3, 0.4) is 0 Å². The number of rotatable bonds is 4. The van der Waals surface area contributed by atoms with E-state index in [1.807, 2.05) is 6.07 Å². The zero-order chi connectivity index (χ0) is 14.0. The van der Waals surface area contributed by atoms with E-state index in [4.69, 9.17) is 5.73 Å². The van der Waals surface area contributed by atoms with Crippen molar-refractivity contribution in [1.82, 2.24) is 4.90 Å². The number of anilines is 1. The third kappa shape index (κ3) is 2.90. The van der Waals surface area contributed by atoms with Gasteiger partial charge in [-0.3, -0.25) is 0 Å². The lowest BCUT2D eigenvalue weighted by molar-refractivity contribution is 0.266. The Labute approximate surface area is 115 Å². The second kappa shape index (κ2) is 5.88. The van der Waals surface area contributed by atoms with Gasteiger partial charge in [-0.2, -0.15) is 0 Å². The molecule has 19 heavy (non-hydrogen) atoms. The van der Waals surface area contributed by atoms with Crippen LogP contribution in [0, 0.1) is 11.7 Å². The summed E-state index contributed by atoms with van der Waals surface area (Å²) in [4.78, 5) is 4.55. The van der Waals surface area contributed by atoms with E-state index in [1.54, 1.807) is 6.07 Å². The summed E-state index contributed by atoms with van der Waals surface area (Å²) in [6, 6.07) is 5.85. The van der Waals surface area contributed by atoms with Gasteiger partial charge in [-0.05, 0) is 45.1 Å². The molecule has 2 rings (SSSR count). The van der Waals surface area contributed by atoms with Gasteiger partial charge in [-0.15, -0.1) is 0 Å². The van der Waals surface area contributed by atoms with Crippen molar-refractivity contribution in [2.75, 3.05) is 38.6 Å². The zero-order valence-corrected chi connectivity index (χ0v) is 12.1. The Balaban J connectivity index is 2.26. The lowest BCUT2D eigenvalue weighted by Gasteiger charge is -2.24. The van der Waals surface area contributed by atoms with Crippen LogP contribution in [-0.2, 0) is 6.42 Å². The molecule has 106 valence electrons. The summed E-state index contributed by atoms with van der Waals surface area (Å²) in [5, 5.41) is 0. The maximum absolute atomic E-state index is 14.0. The van der Waals surface area contributed by atoms with E-state index < -0.39 is 0 Å². The van der Waals surface area contributed by atoms with E-state index in [9.17, 15) is 4.39 Å². The molecule has 3 nitrogen and oxygen atoms in total. The number of nitrogens with two attached hydrogens (primary N) is 1. The van der Waals surface area contributed by atoms with Gasteiger partial charge in [0.2, 0.25) is 0 Å². The Hall–Kier alpha value is -1.13. The Morgan fingerprint density at radius 2 is 2.11 bits per heavy atom. The summed E-state index contributed by atoms with van der Waals surface area (Å²) >= 11 is 0. The third-order valence-corrected chi connectivity index (χ3v) is 4.07. The van der Waals surface area contributed by atoms with Crippen LogP contribution >= 0.6 is 0 Å². The van der Waals surface area contributed by atoms with E-state index in [0.717, 1.165) is 24.3 Å². The second-order valence-corrected chi connectivity index (χ2v) is 5.69. The molecule has 1 aromatic carbocycles. The van der Waals surface area contributed by atoms with Crippen LogP contribution in [0.2, 0.25) is 0 Å². The van der Waals surface area contributed by atoms with Crippen LogP contribution in [0.1, 0.15) is 12.5 Å². The van der Waals surface area contributed by atoms with Gasteiger partial charge < -0.3 is 15.5 Å². The number of nitrogens with zero attached hydrogens (tertiary/aromatic N) is 2. The van der Waals surface area contributed by atoms with E-state index in [-0.39, 0.29) is 5.82 Å². The molecule has 1 saturated heterocycles. The van der Waals surface area contributed by atoms with Gasteiger partial charge in [-0.25, -0.2) is 4.39 Å². The van der Waals surface area contributed by atoms with Crippen molar-refractivity contribution < 1.29 is 4.39 Å². The molecule has 0 radical (unpaired) electrons. The van der Waals surface area contributed by atoms with Crippen LogP contribution in [0.25, 0.3) is 0 Å². The summed E-state index contributed by atoms with van der Waals surface area (Å²) in [7, 11) is 4.22.